The molecule has 148 valence electrons. The Balaban J connectivity index is 3.30. The Labute approximate surface area is 174 Å². The standard InChI is InChI=1S/C22H31Cl2N3/c1-7-10-12-19(9-3)14-27-15-21(20(17(27)5)13-11-8-2)16(4)25-22(24)26-18(6)23/h8,11,13,15,19H,2,6-7,9-10,12,14H2,1,3-5H3/b13-11-,25-16+,26-22-. The molecule has 1 atom stereocenters. The summed E-state index contributed by atoms with van der Waals surface area (Å²) in [5, 5.41) is 0.185. The van der Waals surface area contributed by atoms with Crippen molar-refractivity contribution in [2.75, 3.05) is 0 Å². The van der Waals surface area contributed by atoms with E-state index in [1.165, 1.54) is 31.4 Å². The van der Waals surface area contributed by atoms with Gasteiger partial charge < -0.3 is 4.57 Å². The SMILES string of the molecule is C=C/C=C\c1c(/C(C)=N/C(Cl)=N\C(=C)Cl)cn(CC(CC)CCCC)c1C. The van der Waals surface area contributed by atoms with Crippen LogP contribution in [0.15, 0.2) is 46.6 Å². The molecule has 0 aliphatic heterocycles. The first kappa shape index (κ1) is 23.5. The van der Waals surface area contributed by atoms with Crippen molar-refractivity contribution in [3.05, 3.63) is 53.5 Å². The zero-order chi connectivity index (χ0) is 20.4. The molecule has 1 aromatic heterocycles. The van der Waals surface area contributed by atoms with Crippen molar-refractivity contribution in [3.63, 3.8) is 0 Å². The van der Waals surface area contributed by atoms with Crippen molar-refractivity contribution in [1.82, 2.24) is 4.57 Å². The molecule has 1 rings (SSSR count). The number of allylic oxidation sites excluding steroid dienone is 2. The molecule has 0 aromatic carbocycles. The van der Waals surface area contributed by atoms with Gasteiger partial charge in [-0.25, -0.2) is 9.98 Å². The number of unbranched alkanes of at least 4 members (excludes halogenated alkanes) is 1. The normalized spacial score (nSPS) is 14.0. The second-order valence-electron chi connectivity index (χ2n) is 6.66. The molecule has 0 bridgehead atoms. The van der Waals surface area contributed by atoms with E-state index in [0.29, 0.717) is 5.92 Å². The van der Waals surface area contributed by atoms with E-state index in [-0.39, 0.29) is 10.5 Å². The predicted octanol–water partition coefficient (Wildman–Crippen LogP) is 7.33. The Morgan fingerprint density at radius 3 is 2.56 bits per heavy atom. The van der Waals surface area contributed by atoms with Crippen LogP contribution in [-0.4, -0.2) is 15.6 Å². The Morgan fingerprint density at radius 2 is 2.00 bits per heavy atom. The second kappa shape index (κ2) is 12.0. The van der Waals surface area contributed by atoms with E-state index in [9.17, 15) is 0 Å². The summed E-state index contributed by atoms with van der Waals surface area (Å²) in [6, 6.07) is 0. The van der Waals surface area contributed by atoms with Crippen LogP contribution in [0.5, 0.6) is 0 Å². The molecule has 0 amide bonds. The fraction of sp³-hybridized carbons (Fsp3) is 0.455. The lowest BCUT2D eigenvalue weighted by atomic mass is 9.99. The summed E-state index contributed by atoms with van der Waals surface area (Å²) < 4.78 is 2.33. The third-order valence-electron chi connectivity index (χ3n) is 4.66. The number of aromatic nitrogens is 1. The van der Waals surface area contributed by atoms with Crippen LogP contribution in [0.3, 0.4) is 0 Å². The molecule has 1 aromatic rings. The average molecular weight is 408 g/mol. The highest BCUT2D eigenvalue weighted by Gasteiger charge is 2.16. The third-order valence-corrected chi connectivity index (χ3v) is 4.91. The Hall–Kier alpha value is -1.58. The molecule has 0 spiro atoms. The van der Waals surface area contributed by atoms with Gasteiger partial charge in [-0.05, 0) is 37.8 Å². The number of aliphatic imine (C=N–C) groups is 2. The van der Waals surface area contributed by atoms with Crippen LogP contribution in [0.25, 0.3) is 6.08 Å². The summed E-state index contributed by atoms with van der Waals surface area (Å²) in [6.07, 6.45) is 12.9. The summed E-state index contributed by atoms with van der Waals surface area (Å²) >= 11 is 11.7. The van der Waals surface area contributed by atoms with Gasteiger partial charge in [0.1, 0.15) is 5.16 Å². The van der Waals surface area contributed by atoms with Crippen molar-refractivity contribution in [1.29, 1.82) is 0 Å². The molecule has 27 heavy (non-hydrogen) atoms. The molecule has 0 fully saturated rings. The van der Waals surface area contributed by atoms with Gasteiger partial charge >= 0.3 is 0 Å². The Kier molecular flexibility index (Phi) is 10.4. The number of hydrogen-bond acceptors (Lipinski definition) is 1. The molecular weight excluding hydrogens is 377 g/mol. The van der Waals surface area contributed by atoms with Crippen molar-refractivity contribution >= 4 is 40.3 Å². The summed E-state index contributed by atoms with van der Waals surface area (Å²) in [6.45, 7) is 16.9. The summed E-state index contributed by atoms with van der Waals surface area (Å²) in [7, 11) is 0. The maximum atomic E-state index is 6.06. The average Bonchev–Trinajstić information content (AvgIpc) is 2.91. The fourth-order valence-corrected chi connectivity index (χ4v) is 3.40. The van der Waals surface area contributed by atoms with Gasteiger partial charge in [0.2, 0.25) is 5.29 Å². The molecule has 1 unspecified atom stereocenters. The smallest absolute Gasteiger partial charge is 0.223 e. The van der Waals surface area contributed by atoms with Crippen LogP contribution in [0.4, 0.5) is 0 Å². The van der Waals surface area contributed by atoms with E-state index in [4.69, 9.17) is 23.2 Å². The zero-order valence-electron chi connectivity index (χ0n) is 16.9. The molecule has 0 saturated carbocycles. The molecule has 3 nitrogen and oxygen atoms in total. The minimum absolute atomic E-state index is 0.0749. The summed E-state index contributed by atoms with van der Waals surface area (Å²) in [5.74, 6) is 0.669. The second-order valence-corrected chi connectivity index (χ2v) is 7.43. The van der Waals surface area contributed by atoms with Crippen LogP contribution in [0, 0.1) is 12.8 Å². The maximum Gasteiger partial charge on any atom is 0.223 e. The first-order valence-electron chi connectivity index (χ1n) is 9.47. The van der Waals surface area contributed by atoms with Gasteiger partial charge in [0, 0.05) is 29.6 Å². The Morgan fingerprint density at radius 1 is 1.30 bits per heavy atom. The van der Waals surface area contributed by atoms with Crippen molar-refractivity contribution in [2.45, 2.75) is 59.9 Å². The minimum Gasteiger partial charge on any atom is -0.350 e. The van der Waals surface area contributed by atoms with Crippen molar-refractivity contribution in [2.24, 2.45) is 15.9 Å². The van der Waals surface area contributed by atoms with E-state index < -0.39 is 0 Å². The first-order chi connectivity index (χ1) is 12.8. The van der Waals surface area contributed by atoms with Crippen molar-refractivity contribution < 1.29 is 0 Å². The lowest BCUT2D eigenvalue weighted by Gasteiger charge is -2.16. The van der Waals surface area contributed by atoms with E-state index in [1.54, 1.807) is 6.08 Å². The first-order valence-corrected chi connectivity index (χ1v) is 10.2. The molecule has 5 heteroatoms. The van der Waals surface area contributed by atoms with E-state index in [2.05, 4.69) is 60.8 Å². The van der Waals surface area contributed by atoms with Gasteiger partial charge in [0.25, 0.3) is 0 Å². The van der Waals surface area contributed by atoms with Crippen LogP contribution < -0.4 is 0 Å². The number of amidine groups is 1. The van der Waals surface area contributed by atoms with Crippen LogP contribution in [-0.2, 0) is 6.54 Å². The molecule has 0 N–H and O–H groups in total. The summed E-state index contributed by atoms with van der Waals surface area (Å²) in [4.78, 5) is 8.26. The molecular formula is C22H31Cl2N3. The zero-order valence-corrected chi connectivity index (χ0v) is 18.4. The highest BCUT2D eigenvalue weighted by Crippen LogP contribution is 2.24. The lowest BCUT2D eigenvalue weighted by molar-refractivity contribution is 0.388. The van der Waals surface area contributed by atoms with Gasteiger partial charge in [0.15, 0.2) is 0 Å². The van der Waals surface area contributed by atoms with Gasteiger partial charge in [-0.3, -0.25) is 0 Å². The largest absolute Gasteiger partial charge is 0.350 e. The van der Waals surface area contributed by atoms with Crippen molar-refractivity contribution in [3.8, 4) is 0 Å². The predicted molar refractivity (Wildman–Crippen MR) is 122 cm³/mol. The maximum absolute atomic E-state index is 6.06. The molecule has 0 saturated heterocycles. The molecule has 0 aliphatic rings. The van der Waals surface area contributed by atoms with Gasteiger partial charge in [0.05, 0.1) is 5.71 Å². The van der Waals surface area contributed by atoms with E-state index >= 15 is 0 Å². The van der Waals surface area contributed by atoms with E-state index in [1.807, 2.05) is 13.0 Å². The van der Waals surface area contributed by atoms with Crippen LogP contribution >= 0.6 is 23.2 Å². The number of halogens is 2. The summed E-state index contributed by atoms with van der Waals surface area (Å²) in [5.41, 5.74) is 4.15. The van der Waals surface area contributed by atoms with Gasteiger partial charge in [-0.1, -0.05) is 76.1 Å². The Bertz CT molecular complexity index is 739. The van der Waals surface area contributed by atoms with Gasteiger partial charge in [-0.2, -0.15) is 0 Å². The highest BCUT2D eigenvalue weighted by molar-refractivity contribution is 6.66. The third kappa shape index (κ3) is 7.51. The number of hydrogen-bond donors (Lipinski definition) is 0. The van der Waals surface area contributed by atoms with Crippen LogP contribution in [0.1, 0.15) is 63.3 Å². The topological polar surface area (TPSA) is 29.6 Å². The number of nitrogens with zero attached hydrogens (tertiary/aromatic N) is 3. The molecule has 0 radical (unpaired) electrons. The minimum atomic E-state index is 0.0749. The lowest BCUT2D eigenvalue weighted by Crippen LogP contribution is -2.10. The van der Waals surface area contributed by atoms with E-state index in [0.717, 1.165) is 23.4 Å². The quantitative estimate of drug-likeness (QED) is 0.168. The number of rotatable bonds is 10. The molecule has 1 heterocycles. The van der Waals surface area contributed by atoms with Crippen LogP contribution in [0.2, 0.25) is 0 Å². The van der Waals surface area contributed by atoms with Gasteiger partial charge in [-0.15, -0.1) is 0 Å². The highest BCUT2D eigenvalue weighted by atomic mass is 35.5. The monoisotopic (exact) mass is 407 g/mol. The fourth-order valence-electron chi connectivity index (χ4n) is 3.04. The molecule has 0 aliphatic carbocycles.